The number of hydrogen-bond donors (Lipinski definition) is 1. The van der Waals surface area contributed by atoms with E-state index in [1.165, 1.54) is 0 Å². The lowest BCUT2D eigenvalue weighted by atomic mass is 9.96. The minimum absolute atomic E-state index is 0.177. The normalized spacial score (nSPS) is 18.7. The third-order valence-electron chi connectivity index (χ3n) is 3.54. The molecule has 0 aromatic heterocycles. The molecule has 0 aliphatic carbocycles. The Morgan fingerprint density at radius 3 is 2.55 bits per heavy atom. The van der Waals surface area contributed by atoms with Gasteiger partial charge in [0.1, 0.15) is 5.60 Å². The fourth-order valence-electron chi connectivity index (χ4n) is 2.35. The second kappa shape index (κ2) is 7.67. The molecule has 0 radical (unpaired) electrons. The van der Waals surface area contributed by atoms with Crippen molar-refractivity contribution in [2.45, 2.75) is 58.6 Å². The Morgan fingerprint density at radius 2 is 2.05 bits per heavy atom. The predicted octanol–water partition coefficient (Wildman–Crippen LogP) is 3.19. The van der Waals surface area contributed by atoms with Crippen LogP contribution in [-0.4, -0.2) is 42.3 Å². The van der Waals surface area contributed by atoms with Gasteiger partial charge in [0.15, 0.2) is 0 Å². The van der Waals surface area contributed by atoms with Crippen molar-refractivity contribution >= 4 is 6.09 Å². The fourth-order valence-corrected chi connectivity index (χ4v) is 2.35. The summed E-state index contributed by atoms with van der Waals surface area (Å²) in [4.78, 5) is 13.8. The first-order valence-corrected chi connectivity index (χ1v) is 7.64. The van der Waals surface area contributed by atoms with Crippen molar-refractivity contribution in [2.75, 3.05) is 19.6 Å². The number of likely N-dealkylation sites (tertiary alicyclic amines) is 1. The topological polar surface area (TPSA) is 41.6 Å². The van der Waals surface area contributed by atoms with Crippen LogP contribution in [0.5, 0.6) is 0 Å². The summed E-state index contributed by atoms with van der Waals surface area (Å²) in [6.07, 6.45) is 4.86. The molecule has 1 saturated heterocycles. The quantitative estimate of drug-likeness (QED) is 0.787. The maximum Gasteiger partial charge on any atom is 0.410 e. The van der Waals surface area contributed by atoms with Gasteiger partial charge in [-0.3, -0.25) is 0 Å². The van der Waals surface area contributed by atoms with Crippen molar-refractivity contribution in [3.05, 3.63) is 12.7 Å². The number of rotatable bonds is 5. The molecule has 0 bridgehead atoms. The molecule has 116 valence electrons. The van der Waals surface area contributed by atoms with Gasteiger partial charge in [-0.2, -0.15) is 0 Å². The van der Waals surface area contributed by atoms with E-state index in [-0.39, 0.29) is 6.09 Å². The average molecular weight is 282 g/mol. The molecule has 1 heterocycles. The molecule has 1 N–H and O–H groups in total. The summed E-state index contributed by atoms with van der Waals surface area (Å²) in [7, 11) is 0. The third-order valence-corrected chi connectivity index (χ3v) is 3.54. The fraction of sp³-hybridized carbons (Fsp3) is 0.812. The Bertz CT molecular complexity index is 315. The zero-order chi connectivity index (χ0) is 15.2. The van der Waals surface area contributed by atoms with Crippen LogP contribution in [0.25, 0.3) is 0 Å². The molecular weight excluding hydrogens is 252 g/mol. The van der Waals surface area contributed by atoms with E-state index in [2.05, 4.69) is 18.8 Å². The molecule has 1 fully saturated rings. The molecule has 1 amide bonds. The number of ether oxygens (including phenoxy) is 1. The lowest BCUT2D eigenvalue weighted by Gasteiger charge is -2.33. The van der Waals surface area contributed by atoms with Gasteiger partial charge in [-0.1, -0.05) is 6.08 Å². The lowest BCUT2D eigenvalue weighted by molar-refractivity contribution is 0.0183. The summed E-state index contributed by atoms with van der Waals surface area (Å²) < 4.78 is 5.40. The van der Waals surface area contributed by atoms with Gasteiger partial charge in [-0.15, -0.1) is 6.58 Å². The van der Waals surface area contributed by atoms with E-state index in [0.717, 1.165) is 38.9 Å². The minimum Gasteiger partial charge on any atom is -0.444 e. The van der Waals surface area contributed by atoms with E-state index >= 15 is 0 Å². The molecule has 4 nitrogen and oxygen atoms in total. The van der Waals surface area contributed by atoms with Crippen LogP contribution >= 0.6 is 0 Å². The Hall–Kier alpha value is -1.03. The molecule has 1 aliphatic heterocycles. The van der Waals surface area contributed by atoms with Gasteiger partial charge in [-0.05, 0) is 59.4 Å². The lowest BCUT2D eigenvalue weighted by Crippen LogP contribution is -2.43. The van der Waals surface area contributed by atoms with Gasteiger partial charge in [-0.25, -0.2) is 4.79 Å². The minimum atomic E-state index is -0.407. The molecular formula is C16H30N2O2. The number of nitrogens with one attached hydrogen (secondary N) is 1. The van der Waals surface area contributed by atoms with Crippen LogP contribution in [0.15, 0.2) is 12.7 Å². The molecule has 1 aliphatic rings. The van der Waals surface area contributed by atoms with Crippen LogP contribution < -0.4 is 5.32 Å². The molecule has 1 unspecified atom stereocenters. The van der Waals surface area contributed by atoms with E-state index < -0.39 is 5.60 Å². The Morgan fingerprint density at radius 1 is 1.45 bits per heavy atom. The van der Waals surface area contributed by atoms with Crippen LogP contribution in [0.3, 0.4) is 0 Å². The van der Waals surface area contributed by atoms with Crippen LogP contribution in [0.1, 0.15) is 47.0 Å². The largest absolute Gasteiger partial charge is 0.444 e. The van der Waals surface area contributed by atoms with Crippen molar-refractivity contribution in [1.29, 1.82) is 0 Å². The predicted molar refractivity (Wildman–Crippen MR) is 82.8 cm³/mol. The van der Waals surface area contributed by atoms with Gasteiger partial charge >= 0.3 is 6.09 Å². The van der Waals surface area contributed by atoms with Gasteiger partial charge in [0.25, 0.3) is 0 Å². The Kier molecular flexibility index (Phi) is 6.53. The third kappa shape index (κ3) is 6.42. The number of hydrogen-bond acceptors (Lipinski definition) is 3. The van der Waals surface area contributed by atoms with Crippen LogP contribution in [-0.2, 0) is 4.74 Å². The highest BCUT2D eigenvalue weighted by molar-refractivity contribution is 5.68. The first-order chi connectivity index (χ1) is 9.31. The molecule has 20 heavy (non-hydrogen) atoms. The molecule has 0 spiro atoms. The van der Waals surface area contributed by atoms with Gasteiger partial charge in [0.05, 0.1) is 0 Å². The number of amides is 1. The summed E-state index contributed by atoms with van der Waals surface area (Å²) in [5, 5.41) is 3.53. The zero-order valence-electron chi connectivity index (χ0n) is 13.4. The number of piperidine rings is 1. The van der Waals surface area contributed by atoms with Crippen LogP contribution in [0.2, 0.25) is 0 Å². The monoisotopic (exact) mass is 282 g/mol. The van der Waals surface area contributed by atoms with E-state index in [4.69, 9.17) is 4.74 Å². The maximum absolute atomic E-state index is 11.9. The average Bonchev–Trinajstić information content (AvgIpc) is 2.35. The molecule has 0 saturated carbocycles. The molecule has 0 aromatic rings. The molecule has 1 rings (SSSR count). The van der Waals surface area contributed by atoms with Crippen molar-refractivity contribution in [3.8, 4) is 0 Å². The smallest absolute Gasteiger partial charge is 0.410 e. The molecule has 4 heteroatoms. The van der Waals surface area contributed by atoms with Crippen molar-refractivity contribution in [3.63, 3.8) is 0 Å². The first-order valence-electron chi connectivity index (χ1n) is 7.64. The highest BCUT2D eigenvalue weighted by atomic mass is 16.6. The van der Waals surface area contributed by atoms with Crippen molar-refractivity contribution < 1.29 is 9.53 Å². The van der Waals surface area contributed by atoms with Gasteiger partial charge < -0.3 is 15.0 Å². The molecule has 1 atom stereocenters. The van der Waals surface area contributed by atoms with Crippen LogP contribution in [0.4, 0.5) is 4.79 Å². The van der Waals surface area contributed by atoms with E-state index in [0.29, 0.717) is 12.0 Å². The second-order valence-electron chi connectivity index (χ2n) is 6.74. The summed E-state index contributed by atoms with van der Waals surface area (Å²) >= 11 is 0. The summed E-state index contributed by atoms with van der Waals surface area (Å²) in [6, 6.07) is 0.483. The van der Waals surface area contributed by atoms with E-state index in [1.54, 1.807) is 0 Å². The number of carbonyl (C=O) groups excluding carboxylic acids is 1. The summed E-state index contributed by atoms with van der Waals surface area (Å²) in [5.41, 5.74) is -0.407. The standard InChI is InChI=1S/C16H30N2O2/c1-6-7-13(2)17-12-14-8-10-18(11-9-14)15(19)20-16(3,4)5/h6,13-14,17H,1,7-12H2,2-5H3. The van der Waals surface area contributed by atoms with E-state index in [9.17, 15) is 4.79 Å². The second-order valence-corrected chi connectivity index (χ2v) is 6.74. The SMILES string of the molecule is C=CCC(C)NCC1CCN(C(=O)OC(C)(C)C)CC1. The highest BCUT2D eigenvalue weighted by Crippen LogP contribution is 2.19. The van der Waals surface area contributed by atoms with Crippen molar-refractivity contribution in [2.24, 2.45) is 5.92 Å². The highest BCUT2D eigenvalue weighted by Gasteiger charge is 2.26. The van der Waals surface area contributed by atoms with Crippen LogP contribution in [0, 0.1) is 5.92 Å². The van der Waals surface area contributed by atoms with Crippen molar-refractivity contribution in [1.82, 2.24) is 10.2 Å². The molecule has 0 aromatic carbocycles. The van der Waals surface area contributed by atoms with E-state index in [1.807, 2.05) is 31.7 Å². The number of carbonyl (C=O) groups is 1. The van der Waals surface area contributed by atoms with Gasteiger partial charge in [0.2, 0.25) is 0 Å². The summed E-state index contributed by atoms with van der Waals surface area (Å²) in [5.74, 6) is 0.654. The zero-order valence-corrected chi connectivity index (χ0v) is 13.4. The Balaban J connectivity index is 2.26. The maximum atomic E-state index is 11.9. The number of nitrogens with zero attached hydrogens (tertiary/aromatic N) is 1. The summed E-state index contributed by atoms with van der Waals surface area (Å²) in [6.45, 7) is 14.3. The Labute approximate surface area is 123 Å². The first kappa shape index (κ1) is 17.0. The van der Waals surface area contributed by atoms with Gasteiger partial charge in [0, 0.05) is 19.1 Å².